The van der Waals surface area contributed by atoms with Gasteiger partial charge in [0.2, 0.25) is 0 Å². The Hall–Kier alpha value is -1.43. The maximum absolute atomic E-state index is 11.4. The minimum Gasteiger partial charge on any atom is -0.277 e. The van der Waals surface area contributed by atoms with Gasteiger partial charge in [0.25, 0.3) is 5.91 Å². The molecule has 0 saturated heterocycles. The highest BCUT2D eigenvalue weighted by Crippen LogP contribution is 2.25. The van der Waals surface area contributed by atoms with Crippen molar-refractivity contribution in [2.75, 3.05) is 7.11 Å². The van der Waals surface area contributed by atoms with Gasteiger partial charge in [0.05, 0.1) is 7.11 Å². The summed E-state index contributed by atoms with van der Waals surface area (Å²) in [5.41, 5.74) is 3.43. The summed E-state index contributed by atoms with van der Waals surface area (Å²) in [4.78, 5) is 20.2. The fraction of sp³-hybridized carbons (Fsp3) is 0.0909. The molecule has 0 aliphatic rings. The van der Waals surface area contributed by atoms with E-state index in [0.29, 0.717) is 10.7 Å². The number of nitrogens with one attached hydrogen (secondary N) is 1. The average molecular weight is 269 g/mol. The van der Waals surface area contributed by atoms with Crippen LogP contribution in [0, 0.1) is 0 Å². The van der Waals surface area contributed by atoms with Gasteiger partial charge in [0.15, 0.2) is 0 Å². The van der Waals surface area contributed by atoms with E-state index in [1.807, 2.05) is 12.1 Å². The summed E-state index contributed by atoms with van der Waals surface area (Å²) in [5.74, 6) is -0.364. The third-order valence-corrected chi connectivity index (χ3v) is 3.13. The molecule has 0 aliphatic carbocycles. The zero-order chi connectivity index (χ0) is 12.3. The molecular weight excluding hydrogens is 260 g/mol. The second-order valence-corrected chi connectivity index (χ2v) is 4.48. The lowest BCUT2D eigenvalue weighted by molar-refractivity contribution is 0.0533. The molecule has 0 radical (unpaired) electrons. The van der Waals surface area contributed by atoms with Crippen LogP contribution in [0.5, 0.6) is 0 Å². The number of hydrogen-bond acceptors (Lipinski definition) is 4. The minimum absolute atomic E-state index is 0.326. The van der Waals surface area contributed by atoms with Crippen LogP contribution in [0.1, 0.15) is 10.5 Å². The van der Waals surface area contributed by atoms with Gasteiger partial charge in [-0.1, -0.05) is 23.7 Å². The highest BCUT2D eigenvalue weighted by molar-refractivity contribution is 7.13. The van der Waals surface area contributed by atoms with Gasteiger partial charge in [-0.15, -0.1) is 11.3 Å². The number of aromatic nitrogens is 1. The molecule has 88 valence electrons. The lowest BCUT2D eigenvalue weighted by Gasteiger charge is -1.98. The molecular formula is C11H9ClN2O2S. The number of carbonyl (C=O) groups excluding carboxylic acids is 1. The van der Waals surface area contributed by atoms with E-state index in [1.54, 1.807) is 17.5 Å². The number of rotatable bonds is 3. The molecule has 6 heteroatoms. The van der Waals surface area contributed by atoms with Crippen molar-refractivity contribution in [1.82, 2.24) is 10.5 Å². The summed E-state index contributed by atoms with van der Waals surface area (Å²) in [6, 6.07) is 7.33. The van der Waals surface area contributed by atoms with Gasteiger partial charge in [0.1, 0.15) is 10.7 Å². The van der Waals surface area contributed by atoms with E-state index in [9.17, 15) is 4.79 Å². The van der Waals surface area contributed by atoms with Gasteiger partial charge in [-0.05, 0) is 12.1 Å². The van der Waals surface area contributed by atoms with Crippen LogP contribution in [0.3, 0.4) is 0 Å². The second kappa shape index (κ2) is 5.27. The molecule has 1 aromatic carbocycles. The van der Waals surface area contributed by atoms with E-state index >= 15 is 0 Å². The van der Waals surface area contributed by atoms with Crippen LogP contribution >= 0.6 is 22.9 Å². The van der Waals surface area contributed by atoms with Gasteiger partial charge < -0.3 is 0 Å². The van der Waals surface area contributed by atoms with Gasteiger partial charge in [-0.2, -0.15) is 0 Å². The zero-order valence-electron chi connectivity index (χ0n) is 8.94. The minimum atomic E-state index is -0.364. The molecule has 0 atom stereocenters. The van der Waals surface area contributed by atoms with Crippen LogP contribution in [-0.2, 0) is 4.84 Å². The quantitative estimate of drug-likeness (QED) is 0.871. The topological polar surface area (TPSA) is 51.2 Å². The molecule has 1 amide bonds. The Morgan fingerprint density at radius 2 is 2.35 bits per heavy atom. The molecule has 17 heavy (non-hydrogen) atoms. The number of nitrogens with zero attached hydrogens (tertiary/aromatic N) is 1. The lowest BCUT2D eigenvalue weighted by Crippen LogP contribution is -2.21. The van der Waals surface area contributed by atoms with Gasteiger partial charge in [-0.3, -0.25) is 9.63 Å². The van der Waals surface area contributed by atoms with E-state index in [2.05, 4.69) is 15.3 Å². The predicted molar refractivity (Wildman–Crippen MR) is 67.0 cm³/mol. The first kappa shape index (κ1) is 12.0. The summed E-state index contributed by atoms with van der Waals surface area (Å²) in [6.07, 6.45) is 0. The molecule has 1 aromatic heterocycles. The fourth-order valence-corrected chi connectivity index (χ4v) is 2.26. The van der Waals surface area contributed by atoms with E-state index in [-0.39, 0.29) is 5.91 Å². The number of carbonyl (C=O) groups is 1. The maximum atomic E-state index is 11.4. The summed E-state index contributed by atoms with van der Waals surface area (Å²) >= 11 is 7.27. The number of hydroxylamine groups is 1. The first-order chi connectivity index (χ1) is 8.20. The molecule has 4 nitrogen and oxygen atoms in total. The molecule has 0 spiro atoms. The average Bonchev–Trinajstić information content (AvgIpc) is 2.78. The summed E-state index contributed by atoms with van der Waals surface area (Å²) in [6.45, 7) is 0. The lowest BCUT2D eigenvalue weighted by atomic mass is 10.2. The van der Waals surface area contributed by atoms with Crippen LogP contribution in [0.2, 0.25) is 5.02 Å². The van der Waals surface area contributed by atoms with Crippen molar-refractivity contribution in [2.45, 2.75) is 0 Å². The number of amides is 1. The van der Waals surface area contributed by atoms with Crippen molar-refractivity contribution in [3.05, 3.63) is 40.4 Å². The zero-order valence-corrected chi connectivity index (χ0v) is 10.5. The number of thiazole rings is 1. The highest BCUT2D eigenvalue weighted by Gasteiger charge is 2.11. The van der Waals surface area contributed by atoms with Crippen LogP contribution in [-0.4, -0.2) is 18.0 Å². The van der Waals surface area contributed by atoms with Crippen molar-refractivity contribution in [2.24, 2.45) is 0 Å². The number of hydrogen-bond donors (Lipinski definition) is 1. The largest absolute Gasteiger partial charge is 0.294 e. The first-order valence-corrected chi connectivity index (χ1v) is 6.01. The molecule has 0 aliphatic heterocycles. The molecule has 2 aromatic rings. The maximum Gasteiger partial charge on any atom is 0.294 e. The van der Waals surface area contributed by atoms with Crippen molar-refractivity contribution >= 4 is 28.8 Å². The number of halogens is 1. The standard InChI is InChI=1S/C11H9ClN2O2S/c1-16-14-10(15)9-6-17-11(13-9)7-3-2-4-8(12)5-7/h2-6H,1H3,(H,14,15). The Kier molecular flexibility index (Phi) is 3.73. The van der Waals surface area contributed by atoms with E-state index < -0.39 is 0 Å². The SMILES string of the molecule is CONC(=O)c1csc(-c2cccc(Cl)c2)n1. The summed E-state index contributed by atoms with van der Waals surface area (Å²) in [5, 5.41) is 3.05. The molecule has 2 rings (SSSR count). The van der Waals surface area contributed by atoms with Crippen LogP contribution in [0.25, 0.3) is 10.6 Å². The van der Waals surface area contributed by atoms with Gasteiger partial charge >= 0.3 is 0 Å². The fourth-order valence-electron chi connectivity index (χ4n) is 1.28. The van der Waals surface area contributed by atoms with Crippen LogP contribution in [0.15, 0.2) is 29.6 Å². The normalized spacial score (nSPS) is 10.2. The molecule has 0 unspecified atom stereocenters. The summed E-state index contributed by atoms with van der Waals surface area (Å²) < 4.78 is 0. The van der Waals surface area contributed by atoms with Crippen LogP contribution in [0.4, 0.5) is 0 Å². The molecule has 1 heterocycles. The van der Waals surface area contributed by atoms with E-state index in [0.717, 1.165) is 10.6 Å². The monoisotopic (exact) mass is 268 g/mol. The smallest absolute Gasteiger partial charge is 0.277 e. The Morgan fingerprint density at radius 3 is 3.06 bits per heavy atom. The Bertz CT molecular complexity index is 542. The van der Waals surface area contributed by atoms with Crippen molar-refractivity contribution < 1.29 is 9.63 Å². The van der Waals surface area contributed by atoms with E-state index in [1.165, 1.54) is 18.4 Å². The number of benzene rings is 1. The molecule has 1 N–H and O–H groups in total. The van der Waals surface area contributed by atoms with Gasteiger partial charge in [0, 0.05) is 16.0 Å². The second-order valence-electron chi connectivity index (χ2n) is 3.18. The Labute approximate surface area is 107 Å². The summed E-state index contributed by atoms with van der Waals surface area (Å²) in [7, 11) is 1.38. The molecule has 0 bridgehead atoms. The van der Waals surface area contributed by atoms with Crippen molar-refractivity contribution in [1.29, 1.82) is 0 Å². The van der Waals surface area contributed by atoms with E-state index in [4.69, 9.17) is 11.6 Å². The highest BCUT2D eigenvalue weighted by atomic mass is 35.5. The molecule has 0 fully saturated rings. The third-order valence-electron chi connectivity index (χ3n) is 2.00. The first-order valence-electron chi connectivity index (χ1n) is 4.75. The van der Waals surface area contributed by atoms with Crippen molar-refractivity contribution in [3.63, 3.8) is 0 Å². The Morgan fingerprint density at radius 1 is 1.53 bits per heavy atom. The van der Waals surface area contributed by atoms with Crippen molar-refractivity contribution in [3.8, 4) is 10.6 Å². The molecule has 0 saturated carbocycles. The van der Waals surface area contributed by atoms with Gasteiger partial charge in [-0.25, -0.2) is 10.5 Å². The predicted octanol–water partition coefficient (Wildman–Crippen LogP) is 2.75. The van der Waals surface area contributed by atoms with Crippen LogP contribution < -0.4 is 5.48 Å². The third kappa shape index (κ3) is 2.82. The Balaban J connectivity index is 2.27.